The highest BCUT2D eigenvalue weighted by Gasteiger charge is 2.07. The van der Waals surface area contributed by atoms with Gasteiger partial charge in [0.15, 0.2) is 5.43 Å². The van der Waals surface area contributed by atoms with Gasteiger partial charge in [-0.1, -0.05) is 12.1 Å². The van der Waals surface area contributed by atoms with Crippen molar-refractivity contribution in [2.24, 2.45) is 5.73 Å². The maximum Gasteiger partial charge on any atom is 0.265 e. The Morgan fingerprint density at radius 3 is 2.80 bits per heavy atom. The molecule has 0 saturated heterocycles. The summed E-state index contributed by atoms with van der Waals surface area (Å²) in [6, 6.07) is 6.65. The zero-order chi connectivity index (χ0) is 11.0. The molecule has 15 heavy (non-hydrogen) atoms. The van der Waals surface area contributed by atoms with E-state index in [4.69, 9.17) is 5.73 Å². The SMILES string of the molecule is Cc1cccc2[nH]c(C(N)=O)cc(=O)c12. The van der Waals surface area contributed by atoms with Gasteiger partial charge < -0.3 is 10.7 Å². The van der Waals surface area contributed by atoms with Crippen molar-refractivity contribution < 1.29 is 4.79 Å². The van der Waals surface area contributed by atoms with Gasteiger partial charge in [0.05, 0.1) is 5.52 Å². The van der Waals surface area contributed by atoms with Crippen LogP contribution in [0.2, 0.25) is 0 Å². The van der Waals surface area contributed by atoms with Gasteiger partial charge in [-0.3, -0.25) is 9.59 Å². The zero-order valence-electron chi connectivity index (χ0n) is 8.20. The highest BCUT2D eigenvalue weighted by molar-refractivity contribution is 5.94. The van der Waals surface area contributed by atoms with Gasteiger partial charge in [0.1, 0.15) is 5.69 Å². The number of pyridine rings is 1. The first-order chi connectivity index (χ1) is 7.09. The maximum atomic E-state index is 11.7. The number of hydrogen-bond donors (Lipinski definition) is 2. The fourth-order valence-electron chi connectivity index (χ4n) is 1.62. The largest absolute Gasteiger partial charge is 0.364 e. The normalized spacial score (nSPS) is 10.5. The molecule has 4 nitrogen and oxygen atoms in total. The van der Waals surface area contributed by atoms with Crippen LogP contribution in [0, 0.1) is 6.92 Å². The fraction of sp³-hybridized carbons (Fsp3) is 0.0909. The predicted molar refractivity (Wildman–Crippen MR) is 57.8 cm³/mol. The topological polar surface area (TPSA) is 76.0 Å². The summed E-state index contributed by atoms with van der Waals surface area (Å²) in [4.78, 5) is 25.5. The summed E-state index contributed by atoms with van der Waals surface area (Å²) in [5, 5.41) is 0.600. The van der Waals surface area contributed by atoms with Crippen molar-refractivity contribution in [3.63, 3.8) is 0 Å². The third kappa shape index (κ3) is 1.50. The van der Waals surface area contributed by atoms with Crippen LogP contribution in [0.15, 0.2) is 29.1 Å². The Bertz CT molecular complexity index is 599. The number of hydrogen-bond acceptors (Lipinski definition) is 2. The number of rotatable bonds is 1. The van der Waals surface area contributed by atoms with E-state index in [0.29, 0.717) is 10.9 Å². The second-order valence-corrected chi connectivity index (χ2v) is 3.41. The van der Waals surface area contributed by atoms with Crippen molar-refractivity contribution in [1.29, 1.82) is 0 Å². The quantitative estimate of drug-likeness (QED) is 0.721. The molecule has 76 valence electrons. The van der Waals surface area contributed by atoms with E-state index < -0.39 is 5.91 Å². The number of primary amides is 1. The van der Waals surface area contributed by atoms with Crippen LogP contribution in [0.25, 0.3) is 10.9 Å². The lowest BCUT2D eigenvalue weighted by atomic mass is 10.1. The second-order valence-electron chi connectivity index (χ2n) is 3.41. The van der Waals surface area contributed by atoms with Gasteiger partial charge in [0, 0.05) is 11.5 Å². The number of aromatic amines is 1. The Balaban J connectivity index is 2.91. The van der Waals surface area contributed by atoms with E-state index in [9.17, 15) is 9.59 Å². The van der Waals surface area contributed by atoms with Crippen LogP contribution in [0.1, 0.15) is 16.1 Å². The molecule has 0 aliphatic rings. The molecule has 0 fully saturated rings. The van der Waals surface area contributed by atoms with Crippen molar-refractivity contribution in [2.75, 3.05) is 0 Å². The number of benzene rings is 1. The van der Waals surface area contributed by atoms with E-state index in [2.05, 4.69) is 4.98 Å². The number of nitrogens with two attached hydrogens (primary N) is 1. The first kappa shape index (κ1) is 9.45. The minimum atomic E-state index is -0.629. The molecule has 4 heteroatoms. The number of aryl methyl sites for hydroxylation is 1. The van der Waals surface area contributed by atoms with Gasteiger partial charge in [0.25, 0.3) is 5.91 Å². The first-order valence-corrected chi connectivity index (χ1v) is 4.52. The lowest BCUT2D eigenvalue weighted by molar-refractivity contribution is 0.0996. The smallest absolute Gasteiger partial charge is 0.265 e. The molecule has 0 radical (unpaired) electrons. The van der Waals surface area contributed by atoms with Crippen molar-refractivity contribution in [2.45, 2.75) is 6.92 Å². The molecular formula is C11H10N2O2. The Morgan fingerprint density at radius 2 is 2.13 bits per heavy atom. The second kappa shape index (κ2) is 3.24. The van der Waals surface area contributed by atoms with Gasteiger partial charge in [-0.15, -0.1) is 0 Å². The predicted octanol–water partition coefficient (Wildman–Crippen LogP) is 0.935. The standard InChI is InChI=1S/C11H10N2O2/c1-6-3-2-4-7-10(6)9(14)5-8(13-7)11(12)15/h2-5H,1H3,(H2,12,15)(H,13,14). The maximum absolute atomic E-state index is 11.7. The van der Waals surface area contributed by atoms with Crippen molar-refractivity contribution >= 4 is 16.8 Å². The van der Waals surface area contributed by atoms with E-state index >= 15 is 0 Å². The van der Waals surface area contributed by atoms with E-state index in [1.54, 1.807) is 6.07 Å². The molecule has 0 aliphatic carbocycles. The van der Waals surface area contributed by atoms with Crippen LogP contribution < -0.4 is 11.2 Å². The summed E-state index contributed by atoms with van der Waals surface area (Å²) in [6.07, 6.45) is 0. The monoisotopic (exact) mass is 202 g/mol. The molecular weight excluding hydrogens is 192 g/mol. The average molecular weight is 202 g/mol. The Hall–Kier alpha value is -2.10. The first-order valence-electron chi connectivity index (χ1n) is 4.52. The van der Waals surface area contributed by atoms with Gasteiger partial charge >= 0.3 is 0 Å². The minimum absolute atomic E-state index is 0.137. The molecule has 0 atom stereocenters. The molecule has 1 aromatic carbocycles. The molecule has 0 bridgehead atoms. The summed E-state index contributed by atoms with van der Waals surface area (Å²) in [6.45, 7) is 1.85. The summed E-state index contributed by atoms with van der Waals surface area (Å²) in [5.74, 6) is -0.629. The zero-order valence-corrected chi connectivity index (χ0v) is 8.20. The van der Waals surface area contributed by atoms with E-state index in [1.165, 1.54) is 6.07 Å². The summed E-state index contributed by atoms with van der Waals surface area (Å²) < 4.78 is 0. The van der Waals surface area contributed by atoms with E-state index in [1.807, 2.05) is 19.1 Å². The van der Waals surface area contributed by atoms with Gasteiger partial charge in [-0.25, -0.2) is 0 Å². The summed E-state index contributed by atoms with van der Waals surface area (Å²) in [5.41, 5.74) is 6.57. The highest BCUT2D eigenvalue weighted by atomic mass is 16.1. The molecule has 1 amide bonds. The Morgan fingerprint density at radius 1 is 1.40 bits per heavy atom. The number of fused-ring (bicyclic) bond motifs is 1. The molecule has 2 rings (SSSR count). The minimum Gasteiger partial charge on any atom is -0.364 e. The molecule has 1 heterocycles. The van der Waals surface area contributed by atoms with Crippen LogP contribution in [-0.4, -0.2) is 10.9 Å². The lowest BCUT2D eigenvalue weighted by Gasteiger charge is -2.02. The number of H-pyrrole nitrogens is 1. The Kier molecular flexibility index (Phi) is 2.04. The van der Waals surface area contributed by atoms with Crippen LogP contribution in [0.4, 0.5) is 0 Å². The van der Waals surface area contributed by atoms with Gasteiger partial charge in [-0.2, -0.15) is 0 Å². The molecule has 3 N–H and O–H groups in total. The van der Waals surface area contributed by atoms with Crippen LogP contribution in [-0.2, 0) is 0 Å². The molecule has 0 spiro atoms. The van der Waals surface area contributed by atoms with E-state index in [-0.39, 0.29) is 11.1 Å². The summed E-state index contributed by atoms with van der Waals surface area (Å²) in [7, 11) is 0. The molecule has 1 aromatic heterocycles. The van der Waals surface area contributed by atoms with Crippen LogP contribution in [0.5, 0.6) is 0 Å². The fourth-order valence-corrected chi connectivity index (χ4v) is 1.62. The van der Waals surface area contributed by atoms with Crippen molar-refractivity contribution in [1.82, 2.24) is 4.98 Å². The van der Waals surface area contributed by atoms with Crippen molar-refractivity contribution in [3.8, 4) is 0 Å². The molecule has 2 aromatic rings. The van der Waals surface area contributed by atoms with Gasteiger partial charge in [-0.05, 0) is 18.6 Å². The lowest BCUT2D eigenvalue weighted by Crippen LogP contribution is -2.17. The summed E-state index contributed by atoms with van der Waals surface area (Å²) >= 11 is 0. The third-order valence-electron chi connectivity index (χ3n) is 2.33. The van der Waals surface area contributed by atoms with Gasteiger partial charge in [0.2, 0.25) is 0 Å². The Labute approximate surface area is 85.7 Å². The number of amides is 1. The molecule has 0 aliphatic heterocycles. The number of carbonyl (C=O) groups is 1. The van der Waals surface area contributed by atoms with E-state index in [0.717, 1.165) is 5.56 Å². The van der Waals surface area contributed by atoms with Crippen LogP contribution >= 0.6 is 0 Å². The van der Waals surface area contributed by atoms with Crippen molar-refractivity contribution in [3.05, 3.63) is 45.7 Å². The average Bonchev–Trinajstić information content (AvgIpc) is 2.17. The molecule has 0 unspecified atom stereocenters. The third-order valence-corrected chi connectivity index (χ3v) is 2.33. The highest BCUT2D eigenvalue weighted by Crippen LogP contribution is 2.12. The molecule has 0 saturated carbocycles. The number of aromatic nitrogens is 1. The van der Waals surface area contributed by atoms with Crippen LogP contribution in [0.3, 0.4) is 0 Å². The number of nitrogens with one attached hydrogen (secondary N) is 1. The number of carbonyl (C=O) groups excluding carboxylic acids is 1.